The molecule has 0 radical (unpaired) electrons. The molecule has 1 aliphatic carbocycles. The SMILES string of the molecule is O=C(CNC(=O)c1ccco1)NCC(=O)N[C@@H]1CCCc2ccccc21. The van der Waals surface area contributed by atoms with E-state index in [4.69, 9.17) is 4.42 Å². The van der Waals surface area contributed by atoms with E-state index in [0.29, 0.717) is 0 Å². The van der Waals surface area contributed by atoms with Gasteiger partial charge in [-0.3, -0.25) is 14.4 Å². The number of aryl methyl sites for hydroxylation is 1. The predicted octanol–water partition coefficient (Wildman–Crippen LogP) is 1.32. The Bertz CT molecular complexity index is 786. The zero-order valence-corrected chi connectivity index (χ0v) is 14.3. The maximum absolute atomic E-state index is 12.1. The molecular formula is C19H21N3O4. The van der Waals surface area contributed by atoms with E-state index in [-0.39, 0.29) is 30.8 Å². The number of benzene rings is 1. The second kappa shape index (κ2) is 8.33. The highest BCUT2D eigenvalue weighted by molar-refractivity contribution is 5.94. The molecule has 0 unspecified atom stereocenters. The molecule has 0 aliphatic heterocycles. The molecule has 0 bridgehead atoms. The summed E-state index contributed by atoms with van der Waals surface area (Å²) in [7, 11) is 0. The second-order valence-corrected chi connectivity index (χ2v) is 6.15. The lowest BCUT2D eigenvalue weighted by Gasteiger charge is -2.26. The first-order chi connectivity index (χ1) is 12.6. The van der Waals surface area contributed by atoms with E-state index in [1.807, 2.05) is 18.2 Å². The van der Waals surface area contributed by atoms with Gasteiger partial charge < -0.3 is 20.4 Å². The summed E-state index contributed by atoms with van der Waals surface area (Å²) in [5.41, 5.74) is 2.40. The molecular weight excluding hydrogens is 334 g/mol. The van der Waals surface area contributed by atoms with Gasteiger partial charge in [-0.2, -0.15) is 0 Å². The van der Waals surface area contributed by atoms with Gasteiger partial charge in [0.2, 0.25) is 11.8 Å². The maximum Gasteiger partial charge on any atom is 0.287 e. The Balaban J connectivity index is 1.42. The first kappa shape index (κ1) is 17.7. The van der Waals surface area contributed by atoms with Crippen LogP contribution in [0.2, 0.25) is 0 Å². The number of furan rings is 1. The molecule has 3 N–H and O–H groups in total. The van der Waals surface area contributed by atoms with Crippen molar-refractivity contribution in [1.29, 1.82) is 0 Å². The van der Waals surface area contributed by atoms with Gasteiger partial charge in [0, 0.05) is 0 Å². The van der Waals surface area contributed by atoms with E-state index in [0.717, 1.165) is 24.8 Å². The number of nitrogens with one attached hydrogen (secondary N) is 3. The van der Waals surface area contributed by atoms with E-state index in [1.54, 1.807) is 6.07 Å². The zero-order chi connectivity index (χ0) is 18.4. The number of fused-ring (bicyclic) bond motifs is 1. The molecule has 0 spiro atoms. The highest BCUT2D eigenvalue weighted by Crippen LogP contribution is 2.29. The molecule has 1 heterocycles. The molecule has 1 aromatic heterocycles. The molecule has 0 saturated heterocycles. The third-order valence-corrected chi connectivity index (χ3v) is 4.31. The summed E-state index contributed by atoms with van der Waals surface area (Å²) >= 11 is 0. The number of rotatable bonds is 6. The van der Waals surface area contributed by atoms with Crippen molar-refractivity contribution in [2.45, 2.75) is 25.3 Å². The van der Waals surface area contributed by atoms with Crippen LogP contribution in [0.25, 0.3) is 0 Å². The van der Waals surface area contributed by atoms with Gasteiger partial charge in [-0.1, -0.05) is 24.3 Å². The van der Waals surface area contributed by atoms with Crippen LogP contribution in [0.5, 0.6) is 0 Å². The first-order valence-electron chi connectivity index (χ1n) is 8.59. The summed E-state index contributed by atoms with van der Waals surface area (Å²) in [6.45, 7) is -0.354. The van der Waals surface area contributed by atoms with Crippen molar-refractivity contribution in [3.63, 3.8) is 0 Å². The monoisotopic (exact) mass is 355 g/mol. The van der Waals surface area contributed by atoms with Crippen molar-refractivity contribution in [3.8, 4) is 0 Å². The molecule has 0 fully saturated rings. The Kier molecular flexibility index (Phi) is 5.68. The highest BCUT2D eigenvalue weighted by Gasteiger charge is 2.21. The summed E-state index contributed by atoms with van der Waals surface area (Å²) < 4.78 is 4.93. The normalized spacial score (nSPS) is 15.6. The Hall–Kier alpha value is -3.09. The van der Waals surface area contributed by atoms with Gasteiger partial charge in [-0.25, -0.2) is 0 Å². The van der Waals surface area contributed by atoms with Crippen molar-refractivity contribution in [3.05, 3.63) is 59.5 Å². The number of carbonyl (C=O) groups excluding carboxylic acids is 3. The third kappa shape index (κ3) is 4.50. The first-order valence-corrected chi connectivity index (χ1v) is 8.59. The van der Waals surface area contributed by atoms with Crippen LogP contribution in [-0.4, -0.2) is 30.8 Å². The number of carbonyl (C=O) groups is 3. The molecule has 1 atom stereocenters. The van der Waals surface area contributed by atoms with E-state index in [1.165, 1.54) is 17.9 Å². The lowest BCUT2D eigenvalue weighted by molar-refractivity contribution is -0.126. The molecule has 136 valence electrons. The van der Waals surface area contributed by atoms with Crippen molar-refractivity contribution in [2.24, 2.45) is 0 Å². The van der Waals surface area contributed by atoms with Gasteiger partial charge >= 0.3 is 0 Å². The molecule has 3 amide bonds. The third-order valence-electron chi connectivity index (χ3n) is 4.31. The minimum absolute atomic E-state index is 0.0250. The van der Waals surface area contributed by atoms with Crippen LogP contribution in [0.15, 0.2) is 47.1 Å². The summed E-state index contributed by atoms with van der Waals surface area (Å²) in [5.74, 6) is -1.04. The molecule has 7 heteroatoms. The Morgan fingerprint density at radius 2 is 1.81 bits per heavy atom. The molecule has 7 nitrogen and oxygen atoms in total. The average Bonchev–Trinajstić information content (AvgIpc) is 3.19. The summed E-state index contributed by atoms with van der Waals surface area (Å²) in [5, 5.41) is 7.89. The van der Waals surface area contributed by atoms with E-state index in [2.05, 4.69) is 22.0 Å². The minimum atomic E-state index is -0.478. The second-order valence-electron chi connectivity index (χ2n) is 6.15. The van der Waals surface area contributed by atoms with Crippen LogP contribution in [0.1, 0.15) is 40.6 Å². The van der Waals surface area contributed by atoms with Crippen molar-refractivity contribution >= 4 is 17.7 Å². The average molecular weight is 355 g/mol. The summed E-state index contributed by atoms with van der Waals surface area (Å²) in [6, 6.07) is 11.1. The van der Waals surface area contributed by atoms with E-state index >= 15 is 0 Å². The fourth-order valence-corrected chi connectivity index (χ4v) is 3.05. The molecule has 1 aromatic carbocycles. The quantitative estimate of drug-likeness (QED) is 0.727. The van der Waals surface area contributed by atoms with Crippen LogP contribution in [0.3, 0.4) is 0 Å². The smallest absolute Gasteiger partial charge is 0.287 e. The maximum atomic E-state index is 12.1. The fourth-order valence-electron chi connectivity index (χ4n) is 3.05. The van der Waals surface area contributed by atoms with Crippen LogP contribution in [0.4, 0.5) is 0 Å². The molecule has 26 heavy (non-hydrogen) atoms. The summed E-state index contributed by atoms with van der Waals surface area (Å²) in [6.07, 6.45) is 4.31. The van der Waals surface area contributed by atoms with Gasteiger partial charge in [-0.05, 0) is 42.5 Å². The van der Waals surface area contributed by atoms with Crippen LogP contribution < -0.4 is 16.0 Å². The van der Waals surface area contributed by atoms with Gasteiger partial charge in [-0.15, -0.1) is 0 Å². The van der Waals surface area contributed by atoms with Gasteiger partial charge in [0.15, 0.2) is 5.76 Å². The van der Waals surface area contributed by atoms with Crippen molar-refractivity contribution < 1.29 is 18.8 Å². The molecule has 2 aromatic rings. The minimum Gasteiger partial charge on any atom is -0.459 e. The van der Waals surface area contributed by atoms with Crippen molar-refractivity contribution in [1.82, 2.24) is 16.0 Å². The fraction of sp³-hybridized carbons (Fsp3) is 0.316. The zero-order valence-electron chi connectivity index (χ0n) is 14.3. The highest BCUT2D eigenvalue weighted by atomic mass is 16.3. The Morgan fingerprint density at radius 1 is 1.00 bits per heavy atom. The number of amides is 3. The van der Waals surface area contributed by atoms with Crippen LogP contribution >= 0.6 is 0 Å². The number of hydrogen-bond donors (Lipinski definition) is 3. The largest absolute Gasteiger partial charge is 0.459 e. The number of hydrogen-bond acceptors (Lipinski definition) is 4. The standard InChI is InChI=1S/C19H21N3O4/c23-17(11-21-19(25)16-9-4-10-26-16)20-12-18(24)22-15-8-3-6-13-5-1-2-7-14(13)15/h1-2,4-5,7,9-10,15H,3,6,8,11-12H2,(H,20,23)(H,21,25)(H,22,24)/t15-/m1/s1. The lowest BCUT2D eigenvalue weighted by Crippen LogP contribution is -2.43. The van der Waals surface area contributed by atoms with Crippen LogP contribution in [0, 0.1) is 0 Å². The Morgan fingerprint density at radius 3 is 2.62 bits per heavy atom. The topological polar surface area (TPSA) is 100 Å². The van der Waals surface area contributed by atoms with E-state index < -0.39 is 11.8 Å². The summed E-state index contributed by atoms with van der Waals surface area (Å²) in [4.78, 5) is 35.6. The van der Waals surface area contributed by atoms with Gasteiger partial charge in [0.25, 0.3) is 5.91 Å². The van der Waals surface area contributed by atoms with Crippen LogP contribution in [-0.2, 0) is 16.0 Å². The van der Waals surface area contributed by atoms with Gasteiger partial charge in [0.05, 0.1) is 25.4 Å². The van der Waals surface area contributed by atoms with Crippen molar-refractivity contribution in [2.75, 3.05) is 13.1 Å². The lowest BCUT2D eigenvalue weighted by atomic mass is 9.88. The van der Waals surface area contributed by atoms with E-state index in [9.17, 15) is 14.4 Å². The van der Waals surface area contributed by atoms with Gasteiger partial charge in [0.1, 0.15) is 0 Å². The molecule has 0 saturated carbocycles. The molecule has 3 rings (SSSR count). The predicted molar refractivity (Wildman–Crippen MR) is 94.3 cm³/mol. The molecule has 1 aliphatic rings. The Labute approximate surface area is 151 Å².